The van der Waals surface area contributed by atoms with Crippen LogP contribution >= 0.6 is 12.4 Å². The molecule has 0 bridgehead atoms. The van der Waals surface area contributed by atoms with E-state index in [9.17, 15) is 13.2 Å². The maximum atomic E-state index is 12.2. The predicted octanol–water partition coefficient (Wildman–Crippen LogP) is 0.515. The Morgan fingerprint density at radius 2 is 2.04 bits per heavy atom. The van der Waals surface area contributed by atoms with Crippen molar-refractivity contribution < 1.29 is 17.9 Å². The maximum absolute atomic E-state index is 12.2. The van der Waals surface area contributed by atoms with E-state index in [1.165, 1.54) is 31.4 Å². The summed E-state index contributed by atoms with van der Waals surface area (Å²) in [5, 5.41) is 6.18. The number of ether oxygens (including phenoxy) is 1. The lowest BCUT2D eigenvalue weighted by Crippen LogP contribution is -2.45. The zero-order valence-electron chi connectivity index (χ0n) is 13.6. The molecule has 0 aliphatic carbocycles. The predicted molar refractivity (Wildman–Crippen MR) is 94.1 cm³/mol. The average Bonchev–Trinajstić information content (AvgIpc) is 2.56. The van der Waals surface area contributed by atoms with E-state index in [2.05, 4.69) is 15.4 Å². The molecule has 1 heterocycles. The molecule has 0 aromatic heterocycles. The number of hydrogen-bond donors (Lipinski definition) is 3. The van der Waals surface area contributed by atoms with Crippen molar-refractivity contribution in [2.75, 3.05) is 33.4 Å². The van der Waals surface area contributed by atoms with Crippen LogP contribution in [0.2, 0.25) is 0 Å². The molecular formula is C15H24ClN3O4S. The summed E-state index contributed by atoms with van der Waals surface area (Å²) >= 11 is 0. The van der Waals surface area contributed by atoms with Crippen molar-refractivity contribution in [1.82, 2.24) is 15.4 Å². The number of hydrogen-bond acceptors (Lipinski definition) is 5. The fraction of sp³-hybridized carbons (Fsp3) is 0.533. The smallest absolute Gasteiger partial charge is 0.251 e. The topological polar surface area (TPSA) is 96.5 Å². The van der Waals surface area contributed by atoms with Gasteiger partial charge in [-0.05, 0) is 43.7 Å². The van der Waals surface area contributed by atoms with Gasteiger partial charge in [0.2, 0.25) is 10.0 Å². The Morgan fingerprint density at radius 3 is 2.62 bits per heavy atom. The Kier molecular flexibility index (Phi) is 8.65. The number of benzene rings is 1. The average molecular weight is 378 g/mol. The molecule has 136 valence electrons. The second kappa shape index (κ2) is 9.95. The molecule has 7 nitrogen and oxygen atoms in total. The molecule has 0 spiro atoms. The minimum atomic E-state index is -3.57. The number of halogens is 1. The number of rotatable bonds is 7. The van der Waals surface area contributed by atoms with Crippen molar-refractivity contribution in [1.29, 1.82) is 0 Å². The largest absolute Gasteiger partial charge is 0.383 e. The van der Waals surface area contributed by atoms with E-state index in [0.717, 1.165) is 25.9 Å². The van der Waals surface area contributed by atoms with Gasteiger partial charge in [-0.2, -0.15) is 0 Å². The minimum Gasteiger partial charge on any atom is -0.383 e. The van der Waals surface area contributed by atoms with Crippen LogP contribution in [0.25, 0.3) is 0 Å². The van der Waals surface area contributed by atoms with Crippen LogP contribution in [-0.2, 0) is 14.8 Å². The lowest BCUT2D eigenvalue weighted by Gasteiger charge is -2.23. The van der Waals surface area contributed by atoms with Gasteiger partial charge >= 0.3 is 0 Å². The first-order valence-electron chi connectivity index (χ1n) is 7.63. The Balaban J connectivity index is 0.00000288. The molecule has 2 rings (SSSR count). The summed E-state index contributed by atoms with van der Waals surface area (Å²) in [6, 6.07) is 6.04. The third-order valence-corrected chi connectivity index (χ3v) is 5.13. The van der Waals surface area contributed by atoms with Crippen molar-refractivity contribution in [3.05, 3.63) is 29.8 Å². The van der Waals surface area contributed by atoms with Crippen molar-refractivity contribution in [3.63, 3.8) is 0 Å². The monoisotopic (exact) mass is 377 g/mol. The highest BCUT2D eigenvalue weighted by atomic mass is 35.5. The molecule has 1 amide bonds. The molecular weight excluding hydrogens is 354 g/mol. The number of sulfonamides is 1. The summed E-state index contributed by atoms with van der Waals surface area (Å²) in [5.41, 5.74) is 0.450. The second-order valence-corrected chi connectivity index (χ2v) is 7.20. The summed E-state index contributed by atoms with van der Waals surface area (Å²) < 4.78 is 31.3. The van der Waals surface area contributed by atoms with E-state index >= 15 is 0 Å². The fourth-order valence-electron chi connectivity index (χ4n) is 2.39. The Bertz CT molecular complexity index is 616. The van der Waals surface area contributed by atoms with Gasteiger partial charge in [0.1, 0.15) is 0 Å². The summed E-state index contributed by atoms with van der Waals surface area (Å²) in [6.07, 6.45) is 1.99. The van der Waals surface area contributed by atoms with Crippen molar-refractivity contribution in [2.45, 2.75) is 23.8 Å². The summed E-state index contributed by atoms with van der Waals surface area (Å²) in [5.74, 6) is -0.185. The molecule has 1 aliphatic rings. The summed E-state index contributed by atoms with van der Waals surface area (Å²) in [6.45, 7) is 2.25. The highest BCUT2D eigenvalue weighted by Gasteiger charge is 2.18. The number of methoxy groups -OCH3 is 1. The molecule has 1 fully saturated rings. The van der Waals surface area contributed by atoms with Crippen LogP contribution in [0.3, 0.4) is 0 Å². The molecule has 1 aromatic rings. The number of carbonyl (C=O) groups excluding carboxylic acids is 1. The van der Waals surface area contributed by atoms with Crippen LogP contribution < -0.4 is 15.4 Å². The molecule has 0 radical (unpaired) electrons. The highest BCUT2D eigenvalue weighted by molar-refractivity contribution is 7.89. The molecule has 0 saturated carbocycles. The molecule has 24 heavy (non-hydrogen) atoms. The number of carbonyl (C=O) groups is 1. The number of piperidine rings is 1. The molecule has 1 aromatic carbocycles. The van der Waals surface area contributed by atoms with Gasteiger partial charge < -0.3 is 15.4 Å². The SMILES string of the molecule is COCCNS(=O)(=O)c1ccc(C(=O)NC2CCCNC2)cc1.Cl. The summed E-state index contributed by atoms with van der Waals surface area (Å²) in [7, 11) is -2.07. The molecule has 1 atom stereocenters. The van der Waals surface area contributed by atoms with Gasteiger partial charge in [-0.15, -0.1) is 12.4 Å². The first kappa shape index (κ1) is 20.9. The maximum Gasteiger partial charge on any atom is 0.251 e. The minimum absolute atomic E-state index is 0. The van der Waals surface area contributed by atoms with Gasteiger partial charge in [0.05, 0.1) is 11.5 Å². The van der Waals surface area contributed by atoms with Crippen LogP contribution in [0.15, 0.2) is 29.2 Å². The quantitative estimate of drug-likeness (QED) is 0.602. The van der Waals surface area contributed by atoms with Crippen LogP contribution in [0, 0.1) is 0 Å². The van der Waals surface area contributed by atoms with Gasteiger partial charge in [0.15, 0.2) is 0 Å². The zero-order chi connectivity index (χ0) is 16.7. The third-order valence-electron chi connectivity index (χ3n) is 3.66. The van der Waals surface area contributed by atoms with Gasteiger partial charge in [0.25, 0.3) is 5.91 Å². The van der Waals surface area contributed by atoms with Crippen LogP contribution in [0.1, 0.15) is 23.2 Å². The van der Waals surface area contributed by atoms with E-state index in [0.29, 0.717) is 12.2 Å². The first-order valence-corrected chi connectivity index (χ1v) is 9.11. The van der Waals surface area contributed by atoms with E-state index in [4.69, 9.17) is 4.74 Å². The lowest BCUT2D eigenvalue weighted by molar-refractivity contribution is 0.0930. The zero-order valence-corrected chi connectivity index (χ0v) is 15.2. The molecule has 1 unspecified atom stereocenters. The van der Waals surface area contributed by atoms with E-state index in [-0.39, 0.29) is 35.8 Å². The Labute approximate surface area is 149 Å². The molecule has 9 heteroatoms. The van der Waals surface area contributed by atoms with Gasteiger partial charge in [-0.25, -0.2) is 13.1 Å². The van der Waals surface area contributed by atoms with Crippen LogP contribution in [-0.4, -0.2) is 53.7 Å². The number of amides is 1. The molecule has 3 N–H and O–H groups in total. The second-order valence-electron chi connectivity index (χ2n) is 5.43. The normalized spacial score (nSPS) is 17.8. The fourth-order valence-corrected chi connectivity index (χ4v) is 3.40. The van der Waals surface area contributed by atoms with Crippen molar-refractivity contribution in [3.8, 4) is 0 Å². The van der Waals surface area contributed by atoms with Crippen molar-refractivity contribution in [2.24, 2.45) is 0 Å². The van der Waals surface area contributed by atoms with Crippen molar-refractivity contribution >= 4 is 28.3 Å². The van der Waals surface area contributed by atoms with E-state index in [1.807, 2.05) is 0 Å². The van der Waals surface area contributed by atoms with Gasteiger partial charge in [-0.3, -0.25) is 4.79 Å². The van der Waals surface area contributed by atoms with Crippen LogP contribution in [0.5, 0.6) is 0 Å². The van der Waals surface area contributed by atoms with E-state index in [1.54, 1.807) is 0 Å². The first-order chi connectivity index (χ1) is 11.0. The molecule has 1 aliphatic heterocycles. The standard InChI is InChI=1S/C15H23N3O4S.ClH/c1-22-10-9-17-23(20,21)14-6-4-12(5-7-14)15(19)18-13-3-2-8-16-11-13;/h4-7,13,16-17H,2-3,8-11H2,1H3,(H,18,19);1H. The van der Waals surface area contributed by atoms with E-state index < -0.39 is 10.0 Å². The van der Waals surface area contributed by atoms with Gasteiger partial charge in [-0.1, -0.05) is 0 Å². The summed E-state index contributed by atoms with van der Waals surface area (Å²) in [4.78, 5) is 12.3. The Hall–Kier alpha value is -1.19. The Morgan fingerprint density at radius 1 is 1.33 bits per heavy atom. The van der Waals surface area contributed by atoms with Gasteiger partial charge in [0, 0.05) is 31.8 Å². The lowest BCUT2D eigenvalue weighted by atomic mass is 10.1. The molecule has 1 saturated heterocycles. The highest BCUT2D eigenvalue weighted by Crippen LogP contribution is 2.11. The number of nitrogens with one attached hydrogen (secondary N) is 3. The van der Waals surface area contributed by atoms with Crippen LogP contribution in [0.4, 0.5) is 0 Å². The third kappa shape index (κ3) is 6.03.